The van der Waals surface area contributed by atoms with Gasteiger partial charge in [0.1, 0.15) is 18.5 Å². The number of aliphatic hydroxyl groups excluding tert-OH is 1. The fraction of sp³-hybridized carbons (Fsp3) is 0.455. The van der Waals surface area contributed by atoms with Crippen LogP contribution in [0.15, 0.2) is 22.4 Å². The molecule has 0 aromatic carbocycles. The Morgan fingerprint density at radius 3 is 2.94 bits per heavy atom. The van der Waals surface area contributed by atoms with Gasteiger partial charge in [-0.1, -0.05) is 12.7 Å². The molecule has 18 heavy (non-hydrogen) atoms. The molecule has 0 spiro atoms. The van der Waals surface area contributed by atoms with Crippen LogP contribution in [0.2, 0.25) is 0 Å². The fourth-order valence-electron chi connectivity index (χ4n) is 1.88. The molecule has 0 saturated carbocycles. The van der Waals surface area contributed by atoms with Gasteiger partial charge in [-0.05, 0) is 0 Å². The SMILES string of the molecule is C=Cc1cn([C@H]2C[C@H](F)[C@@H](CO)O2)c(=O)[nH]c1=O. The van der Waals surface area contributed by atoms with E-state index >= 15 is 0 Å². The molecule has 0 radical (unpaired) electrons. The molecular weight excluding hydrogens is 243 g/mol. The second kappa shape index (κ2) is 4.87. The van der Waals surface area contributed by atoms with Crippen LogP contribution in [0.5, 0.6) is 0 Å². The molecule has 0 amide bonds. The Hall–Kier alpha value is -1.73. The average molecular weight is 256 g/mol. The van der Waals surface area contributed by atoms with Gasteiger partial charge in [-0.15, -0.1) is 0 Å². The van der Waals surface area contributed by atoms with Crippen molar-refractivity contribution >= 4 is 6.08 Å². The minimum atomic E-state index is -1.34. The van der Waals surface area contributed by atoms with Crippen molar-refractivity contribution in [3.8, 4) is 0 Å². The van der Waals surface area contributed by atoms with Gasteiger partial charge in [-0.3, -0.25) is 14.3 Å². The van der Waals surface area contributed by atoms with Crippen LogP contribution in [0.25, 0.3) is 6.08 Å². The van der Waals surface area contributed by atoms with Crippen molar-refractivity contribution in [3.63, 3.8) is 0 Å². The summed E-state index contributed by atoms with van der Waals surface area (Å²) in [7, 11) is 0. The highest BCUT2D eigenvalue weighted by atomic mass is 19.1. The Labute approximate surface area is 101 Å². The van der Waals surface area contributed by atoms with Crippen molar-refractivity contribution in [3.05, 3.63) is 39.2 Å². The van der Waals surface area contributed by atoms with E-state index in [0.717, 1.165) is 4.57 Å². The van der Waals surface area contributed by atoms with Crippen molar-refractivity contribution in [2.75, 3.05) is 6.61 Å². The van der Waals surface area contributed by atoms with Gasteiger partial charge in [-0.2, -0.15) is 0 Å². The Bertz CT molecular complexity index is 565. The van der Waals surface area contributed by atoms with Gasteiger partial charge >= 0.3 is 5.69 Å². The third kappa shape index (κ3) is 2.14. The van der Waals surface area contributed by atoms with Crippen LogP contribution in [0, 0.1) is 0 Å². The summed E-state index contributed by atoms with van der Waals surface area (Å²) in [4.78, 5) is 25.0. The highest BCUT2D eigenvalue weighted by Crippen LogP contribution is 2.29. The summed E-state index contributed by atoms with van der Waals surface area (Å²) < 4.78 is 19.7. The lowest BCUT2D eigenvalue weighted by Crippen LogP contribution is -2.33. The summed E-state index contributed by atoms with van der Waals surface area (Å²) in [6.07, 6.45) is -0.605. The van der Waals surface area contributed by atoms with Gasteiger partial charge in [-0.25, -0.2) is 9.18 Å². The summed E-state index contributed by atoms with van der Waals surface area (Å²) >= 11 is 0. The molecule has 7 heteroatoms. The average Bonchev–Trinajstić information content (AvgIpc) is 2.70. The van der Waals surface area contributed by atoms with Gasteiger partial charge in [0.25, 0.3) is 5.56 Å². The number of aromatic amines is 1. The van der Waals surface area contributed by atoms with Crippen molar-refractivity contribution < 1.29 is 14.2 Å². The third-order valence-corrected chi connectivity index (χ3v) is 2.87. The predicted molar refractivity (Wildman–Crippen MR) is 61.9 cm³/mol. The molecule has 2 N–H and O–H groups in total. The van der Waals surface area contributed by atoms with Gasteiger partial charge in [0.15, 0.2) is 0 Å². The van der Waals surface area contributed by atoms with Gasteiger partial charge in [0.05, 0.1) is 12.2 Å². The van der Waals surface area contributed by atoms with E-state index in [1.807, 2.05) is 0 Å². The number of aliphatic hydroxyl groups is 1. The number of hydrogen-bond acceptors (Lipinski definition) is 4. The van der Waals surface area contributed by atoms with E-state index in [9.17, 15) is 14.0 Å². The summed E-state index contributed by atoms with van der Waals surface area (Å²) in [5.74, 6) is 0. The minimum Gasteiger partial charge on any atom is -0.394 e. The molecule has 2 heterocycles. The Morgan fingerprint density at radius 1 is 1.67 bits per heavy atom. The normalized spacial score (nSPS) is 27.3. The molecule has 1 aliphatic rings. The highest BCUT2D eigenvalue weighted by Gasteiger charge is 2.36. The third-order valence-electron chi connectivity index (χ3n) is 2.87. The predicted octanol–water partition coefficient (Wildman–Crippen LogP) is -0.203. The summed E-state index contributed by atoms with van der Waals surface area (Å²) in [5.41, 5.74) is -1.04. The zero-order valence-electron chi connectivity index (χ0n) is 9.51. The number of rotatable bonds is 3. The zero-order chi connectivity index (χ0) is 13.3. The molecule has 1 fully saturated rings. The van der Waals surface area contributed by atoms with Crippen molar-refractivity contribution in [2.45, 2.75) is 24.9 Å². The lowest BCUT2D eigenvalue weighted by atomic mass is 10.2. The topological polar surface area (TPSA) is 84.3 Å². The molecule has 1 saturated heterocycles. The van der Waals surface area contributed by atoms with Crippen LogP contribution in [0.3, 0.4) is 0 Å². The van der Waals surface area contributed by atoms with E-state index in [0.29, 0.717) is 0 Å². The summed E-state index contributed by atoms with van der Waals surface area (Å²) in [6.45, 7) is 2.99. The monoisotopic (exact) mass is 256 g/mol. The van der Waals surface area contributed by atoms with Crippen LogP contribution in [0.1, 0.15) is 18.2 Å². The number of aromatic nitrogens is 2. The maximum absolute atomic E-state index is 13.4. The Morgan fingerprint density at radius 2 is 2.39 bits per heavy atom. The largest absolute Gasteiger partial charge is 0.394 e. The van der Waals surface area contributed by atoms with E-state index < -0.39 is 36.4 Å². The van der Waals surface area contributed by atoms with Crippen LogP contribution < -0.4 is 11.2 Å². The molecule has 0 bridgehead atoms. The van der Waals surface area contributed by atoms with Crippen LogP contribution in [-0.2, 0) is 4.74 Å². The molecule has 1 aromatic heterocycles. The number of H-pyrrole nitrogens is 1. The number of nitrogens with zero attached hydrogens (tertiary/aromatic N) is 1. The minimum absolute atomic E-state index is 0.0479. The maximum Gasteiger partial charge on any atom is 0.330 e. The Kier molecular flexibility index (Phi) is 3.44. The molecule has 0 aliphatic carbocycles. The second-order valence-corrected chi connectivity index (χ2v) is 4.02. The van der Waals surface area contributed by atoms with Crippen molar-refractivity contribution in [2.24, 2.45) is 0 Å². The van der Waals surface area contributed by atoms with E-state index in [-0.39, 0.29) is 12.0 Å². The quantitative estimate of drug-likeness (QED) is 0.784. The molecule has 0 unspecified atom stereocenters. The van der Waals surface area contributed by atoms with E-state index in [1.54, 1.807) is 0 Å². The van der Waals surface area contributed by atoms with Gasteiger partial charge in [0, 0.05) is 12.6 Å². The van der Waals surface area contributed by atoms with E-state index in [1.165, 1.54) is 12.3 Å². The van der Waals surface area contributed by atoms with Gasteiger partial charge in [0.2, 0.25) is 0 Å². The number of alkyl halides is 1. The number of nitrogens with one attached hydrogen (secondary N) is 1. The van der Waals surface area contributed by atoms with Crippen LogP contribution >= 0.6 is 0 Å². The number of ether oxygens (including phenoxy) is 1. The molecule has 6 nitrogen and oxygen atoms in total. The fourth-order valence-corrected chi connectivity index (χ4v) is 1.88. The highest BCUT2D eigenvalue weighted by molar-refractivity contribution is 5.43. The molecule has 3 atom stereocenters. The van der Waals surface area contributed by atoms with Crippen molar-refractivity contribution in [1.82, 2.24) is 9.55 Å². The lowest BCUT2D eigenvalue weighted by Gasteiger charge is -2.14. The van der Waals surface area contributed by atoms with Gasteiger partial charge < -0.3 is 9.84 Å². The first-order valence-corrected chi connectivity index (χ1v) is 5.45. The standard InChI is InChI=1S/C11H13FN2O4/c1-2-6-4-14(11(17)13-10(6)16)9-3-7(12)8(5-15)18-9/h2,4,7-9,15H,1,3,5H2,(H,13,16,17)/t7-,8+,9+/m0/s1. The maximum atomic E-state index is 13.4. The van der Waals surface area contributed by atoms with Crippen LogP contribution in [-0.4, -0.2) is 33.5 Å². The molecule has 2 rings (SSSR count). The number of hydrogen-bond donors (Lipinski definition) is 2. The Balaban J connectivity index is 2.38. The summed E-state index contributed by atoms with van der Waals surface area (Å²) in [6, 6.07) is 0. The molecular formula is C11H13FN2O4. The lowest BCUT2D eigenvalue weighted by molar-refractivity contribution is -0.0356. The first kappa shape index (κ1) is 12.7. The van der Waals surface area contributed by atoms with Crippen molar-refractivity contribution in [1.29, 1.82) is 0 Å². The summed E-state index contributed by atoms with van der Waals surface area (Å²) in [5, 5.41) is 8.89. The van der Waals surface area contributed by atoms with E-state index in [4.69, 9.17) is 9.84 Å². The van der Waals surface area contributed by atoms with Crippen LogP contribution in [0.4, 0.5) is 4.39 Å². The second-order valence-electron chi connectivity index (χ2n) is 4.02. The zero-order valence-corrected chi connectivity index (χ0v) is 9.51. The smallest absolute Gasteiger partial charge is 0.330 e. The molecule has 98 valence electrons. The van der Waals surface area contributed by atoms with E-state index in [2.05, 4.69) is 11.6 Å². The number of halogens is 1. The first-order chi connectivity index (χ1) is 8.56. The molecule has 1 aliphatic heterocycles. The molecule has 1 aromatic rings. The first-order valence-electron chi connectivity index (χ1n) is 5.45.